The summed E-state index contributed by atoms with van der Waals surface area (Å²) in [6, 6.07) is 8.31. The molecule has 1 aromatic carbocycles. The summed E-state index contributed by atoms with van der Waals surface area (Å²) >= 11 is 6.02. The molecule has 18 heavy (non-hydrogen) atoms. The van der Waals surface area contributed by atoms with Crippen molar-refractivity contribution < 1.29 is 5.21 Å². The number of hydrogen-bond donors (Lipinski definition) is 2. The van der Waals surface area contributed by atoms with Crippen molar-refractivity contribution in [2.45, 2.75) is 13.0 Å². The minimum Gasteiger partial charge on any atom is -0.409 e. The summed E-state index contributed by atoms with van der Waals surface area (Å²) in [5.74, 6) is 1.64. The van der Waals surface area contributed by atoms with Crippen LogP contribution < -0.4 is 10.6 Å². The van der Waals surface area contributed by atoms with Crippen LogP contribution in [0.3, 0.4) is 0 Å². The van der Waals surface area contributed by atoms with E-state index < -0.39 is 0 Å². The Kier molecular flexibility index (Phi) is 2.63. The zero-order valence-electron chi connectivity index (χ0n) is 10.1. The van der Waals surface area contributed by atoms with Gasteiger partial charge >= 0.3 is 0 Å². The molecule has 2 aliphatic rings. The van der Waals surface area contributed by atoms with Crippen LogP contribution in [-0.4, -0.2) is 23.6 Å². The molecule has 1 saturated carbocycles. The number of piperidine rings is 1. The number of benzene rings is 1. The van der Waals surface area contributed by atoms with E-state index in [4.69, 9.17) is 22.5 Å². The summed E-state index contributed by atoms with van der Waals surface area (Å²) in [5.41, 5.74) is 6.85. The van der Waals surface area contributed by atoms with Gasteiger partial charge in [-0.05, 0) is 37.0 Å². The lowest BCUT2D eigenvalue weighted by Gasteiger charge is -2.28. The SMILES string of the molecule is C[C@@H]1[C@@H]2[C@H](CN1c1cccc(Cl)c1)[C@H]2/C(N)=N/O. The van der Waals surface area contributed by atoms with Gasteiger partial charge in [-0.15, -0.1) is 0 Å². The standard InChI is InChI=1S/C13H16ClN3O/c1-7-11-10(12(11)13(15)16-18)6-17(7)9-4-2-3-8(14)5-9/h2-5,7,10-12,18H,6H2,1H3,(H2,15,16)/t7-,10+,11-,12-/m1/s1. The lowest BCUT2D eigenvalue weighted by molar-refractivity contribution is 0.315. The third-order valence-electron chi connectivity index (χ3n) is 4.28. The molecule has 4 atom stereocenters. The zero-order valence-corrected chi connectivity index (χ0v) is 10.9. The van der Waals surface area contributed by atoms with E-state index in [1.807, 2.05) is 18.2 Å². The second-order valence-corrected chi connectivity index (χ2v) is 5.60. The summed E-state index contributed by atoms with van der Waals surface area (Å²) in [7, 11) is 0. The molecule has 3 rings (SSSR count). The van der Waals surface area contributed by atoms with Crippen LogP contribution in [0.15, 0.2) is 29.4 Å². The first kappa shape index (κ1) is 11.7. The second kappa shape index (κ2) is 4.05. The van der Waals surface area contributed by atoms with Gasteiger partial charge in [-0.3, -0.25) is 0 Å². The van der Waals surface area contributed by atoms with Crippen molar-refractivity contribution in [1.29, 1.82) is 0 Å². The molecular formula is C13H16ClN3O. The lowest BCUT2D eigenvalue weighted by atomic mass is 10.1. The maximum absolute atomic E-state index is 8.74. The number of anilines is 1. The Morgan fingerprint density at radius 3 is 2.89 bits per heavy atom. The van der Waals surface area contributed by atoms with Crippen molar-refractivity contribution in [2.75, 3.05) is 11.4 Å². The molecule has 0 spiro atoms. The van der Waals surface area contributed by atoms with E-state index in [0.717, 1.165) is 17.3 Å². The highest BCUT2D eigenvalue weighted by Gasteiger charge is 2.61. The fraction of sp³-hybridized carbons (Fsp3) is 0.462. The maximum Gasteiger partial charge on any atom is 0.142 e. The first-order valence-electron chi connectivity index (χ1n) is 6.13. The number of nitrogens with zero attached hydrogens (tertiary/aromatic N) is 2. The van der Waals surface area contributed by atoms with Crippen molar-refractivity contribution in [1.82, 2.24) is 0 Å². The molecule has 4 nitrogen and oxygen atoms in total. The Labute approximate surface area is 111 Å². The first-order valence-corrected chi connectivity index (χ1v) is 6.51. The van der Waals surface area contributed by atoms with Gasteiger partial charge in [0.1, 0.15) is 5.84 Å². The molecule has 96 valence electrons. The highest BCUT2D eigenvalue weighted by Crippen LogP contribution is 2.56. The Morgan fingerprint density at radius 2 is 2.33 bits per heavy atom. The smallest absolute Gasteiger partial charge is 0.142 e. The Morgan fingerprint density at radius 1 is 1.56 bits per heavy atom. The van der Waals surface area contributed by atoms with Gasteiger partial charge in [-0.1, -0.05) is 22.8 Å². The number of amidine groups is 1. The number of oxime groups is 1. The monoisotopic (exact) mass is 265 g/mol. The van der Waals surface area contributed by atoms with Gasteiger partial charge in [-0.25, -0.2) is 0 Å². The average molecular weight is 266 g/mol. The highest BCUT2D eigenvalue weighted by atomic mass is 35.5. The molecule has 2 fully saturated rings. The minimum atomic E-state index is 0.250. The third kappa shape index (κ3) is 1.63. The first-order chi connectivity index (χ1) is 8.63. The van der Waals surface area contributed by atoms with Crippen LogP contribution in [0, 0.1) is 17.8 Å². The zero-order chi connectivity index (χ0) is 12.9. The van der Waals surface area contributed by atoms with Gasteiger partial charge in [0.2, 0.25) is 0 Å². The molecule has 0 radical (unpaired) electrons. The van der Waals surface area contributed by atoms with E-state index in [-0.39, 0.29) is 5.92 Å². The number of rotatable bonds is 2. The predicted molar refractivity (Wildman–Crippen MR) is 72.1 cm³/mol. The normalized spacial score (nSPS) is 34.6. The van der Waals surface area contributed by atoms with Crippen LogP contribution in [0.1, 0.15) is 6.92 Å². The molecule has 1 aliphatic heterocycles. The summed E-state index contributed by atoms with van der Waals surface area (Å²) in [6.07, 6.45) is 0. The largest absolute Gasteiger partial charge is 0.409 e. The minimum absolute atomic E-state index is 0.250. The van der Waals surface area contributed by atoms with Gasteiger partial charge in [0.05, 0.1) is 0 Å². The van der Waals surface area contributed by atoms with Crippen molar-refractivity contribution in [3.05, 3.63) is 29.3 Å². The summed E-state index contributed by atoms with van der Waals surface area (Å²) in [5, 5.41) is 12.6. The average Bonchev–Trinajstić information content (AvgIpc) is 2.99. The number of fused-ring (bicyclic) bond motifs is 1. The number of halogens is 1. The molecule has 0 aromatic heterocycles. The van der Waals surface area contributed by atoms with Crippen molar-refractivity contribution in [3.8, 4) is 0 Å². The summed E-state index contributed by atoms with van der Waals surface area (Å²) < 4.78 is 0. The Balaban J connectivity index is 1.78. The number of hydrogen-bond acceptors (Lipinski definition) is 3. The van der Waals surface area contributed by atoms with Gasteiger partial charge in [0, 0.05) is 29.2 Å². The molecule has 1 aliphatic carbocycles. The summed E-state index contributed by atoms with van der Waals surface area (Å²) in [6.45, 7) is 3.14. The van der Waals surface area contributed by atoms with Crippen molar-refractivity contribution in [2.24, 2.45) is 28.6 Å². The molecule has 1 saturated heterocycles. The van der Waals surface area contributed by atoms with Crippen LogP contribution in [0.5, 0.6) is 0 Å². The van der Waals surface area contributed by atoms with E-state index in [1.54, 1.807) is 0 Å². The molecule has 1 heterocycles. The molecular weight excluding hydrogens is 250 g/mol. The van der Waals surface area contributed by atoms with E-state index in [1.165, 1.54) is 0 Å². The molecule has 0 amide bonds. The molecule has 3 N–H and O–H groups in total. The molecule has 1 aromatic rings. The van der Waals surface area contributed by atoms with Crippen LogP contribution in [0.25, 0.3) is 0 Å². The predicted octanol–water partition coefficient (Wildman–Crippen LogP) is 2.16. The Hall–Kier alpha value is -1.42. The fourth-order valence-electron chi connectivity index (χ4n) is 3.37. The third-order valence-corrected chi connectivity index (χ3v) is 4.52. The maximum atomic E-state index is 8.74. The van der Waals surface area contributed by atoms with Gasteiger partial charge in [0.15, 0.2) is 0 Å². The quantitative estimate of drug-likeness (QED) is 0.373. The van der Waals surface area contributed by atoms with Crippen LogP contribution in [0.2, 0.25) is 5.02 Å². The number of nitrogens with two attached hydrogens (primary N) is 1. The van der Waals surface area contributed by atoms with Gasteiger partial charge in [-0.2, -0.15) is 0 Å². The lowest BCUT2D eigenvalue weighted by Crippen LogP contribution is -2.34. The van der Waals surface area contributed by atoms with Crippen LogP contribution in [-0.2, 0) is 0 Å². The van der Waals surface area contributed by atoms with Gasteiger partial charge < -0.3 is 15.8 Å². The molecule has 5 heteroatoms. The van der Waals surface area contributed by atoms with Crippen molar-refractivity contribution in [3.63, 3.8) is 0 Å². The van der Waals surface area contributed by atoms with Crippen LogP contribution >= 0.6 is 11.6 Å². The second-order valence-electron chi connectivity index (χ2n) is 5.16. The molecule has 0 bridgehead atoms. The topological polar surface area (TPSA) is 61.8 Å². The van der Waals surface area contributed by atoms with E-state index >= 15 is 0 Å². The molecule has 0 unspecified atom stereocenters. The van der Waals surface area contributed by atoms with Crippen molar-refractivity contribution >= 4 is 23.1 Å². The van der Waals surface area contributed by atoms with Gasteiger partial charge in [0.25, 0.3) is 0 Å². The van der Waals surface area contributed by atoms with E-state index in [9.17, 15) is 0 Å². The van der Waals surface area contributed by atoms with E-state index in [0.29, 0.717) is 23.7 Å². The summed E-state index contributed by atoms with van der Waals surface area (Å²) in [4.78, 5) is 2.35. The highest BCUT2D eigenvalue weighted by molar-refractivity contribution is 6.30. The Bertz CT molecular complexity index is 505. The fourth-order valence-corrected chi connectivity index (χ4v) is 3.56. The van der Waals surface area contributed by atoms with E-state index in [2.05, 4.69) is 23.0 Å². The van der Waals surface area contributed by atoms with Crippen LogP contribution in [0.4, 0.5) is 5.69 Å².